The minimum atomic E-state index is -4.46. The minimum Gasteiger partial charge on any atom is -0.444 e. The molecule has 0 spiro atoms. The summed E-state index contributed by atoms with van der Waals surface area (Å²) in [7, 11) is 0. The molecule has 2 rings (SSSR count). The van der Waals surface area contributed by atoms with Crippen molar-refractivity contribution in [1.29, 1.82) is 0 Å². The van der Waals surface area contributed by atoms with Crippen LogP contribution in [-0.4, -0.2) is 5.91 Å². The van der Waals surface area contributed by atoms with Gasteiger partial charge in [-0.1, -0.05) is 6.07 Å². The number of carbonyl (C=O) groups excluding carboxylic acids is 1. The summed E-state index contributed by atoms with van der Waals surface area (Å²) in [6, 6.07) is 6.53. The van der Waals surface area contributed by atoms with Crippen LogP contribution in [0.5, 0.6) is 0 Å². The number of furan rings is 1. The molecule has 1 aromatic carbocycles. The lowest BCUT2D eigenvalue weighted by atomic mass is 10.1. The lowest BCUT2D eigenvalue weighted by molar-refractivity contribution is -0.138. The Morgan fingerprint density at radius 1 is 1.25 bits per heavy atom. The van der Waals surface area contributed by atoms with Gasteiger partial charge in [0.1, 0.15) is 0 Å². The molecule has 0 radical (unpaired) electrons. The summed E-state index contributed by atoms with van der Waals surface area (Å²) in [6.07, 6.45) is -4.46. The van der Waals surface area contributed by atoms with Gasteiger partial charge in [0.25, 0.3) is 5.91 Å². The van der Waals surface area contributed by atoms with Crippen molar-refractivity contribution in [3.05, 3.63) is 51.9 Å². The molecule has 3 nitrogen and oxygen atoms in total. The van der Waals surface area contributed by atoms with Gasteiger partial charge in [0.05, 0.1) is 5.56 Å². The van der Waals surface area contributed by atoms with Crippen LogP contribution in [0, 0.1) is 6.92 Å². The topological polar surface area (TPSA) is 42.2 Å². The number of anilines is 1. The predicted octanol–water partition coefficient (Wildman–Crippen LogP) is 4.62. The monoisotopic (exact) mass is 347 g/mol. The Hall–Kier alpha value is -1.76. The number of hydrogen-bond acceptors (Lipinski definition) is 2. The molecule has 20 heavy (non-hydrogen) atoms. The molecule has 1 aromatic heterocycles. The van der Waals surface area contributed by atoms with Gasteiger partial charge >= 0.3 is 6.18 Å². The predicted molar refractivity (Wildman–Crippen MR) is 70.5 cm³/mol. The van der Waals surface area contributed by atoms with Gasteiger partial charge in [0.15, 0.2) is 10.4 Å². The molecule has 1 amide bonds. The molecule has 0 aliphatic rings. The second kappa shape index (κ2) is 5.32. The van der Waals surface area contributed by atoms with Gasteiger partial charge in [-0.15, -0.1) is 0 Å². The van der Waals surface area contributed by atoms with Gasteiger partial charge in [-0.2, -0.15) is 13.2 Å². The molecule has 0 aliphatic carbocycles. The molecule has 0 unspecified atom stereocenters. The highest BCUT2D eigenvalue weighted by Gasteiger charge is 2.32. The summed E-state index contributed by atoms with van der Waals surface area (Å²) in [5, 5.41) is 2.36. The fourth-order valence-electron chi connectivity index (χ4n) is 1.63. The summed E-state index contributed by atoms with van der Waals surface area (Å²) in [5.41, 5.74) is -0.632. The molecular weight excluding hydrogens is 339 g/mol. The van der Waals surface area contributed by atoms with E-state index in [0.29, 0.717) is 4.67 Å². The van der Waals surface area contributed by atoms with E-state index in [-0.39, 0.29) is 17.0 Å². The van der Waals surface area contributed by atoms with E-state index in [1.54, 1.807) is 0 Å². The van der Waals surface area contributed by atoms with Crippen molar-refractivity contribution in [3.8, 4) is 0 Å². The molecule has 7 heteroatoms. The summed E-state index contributed by atoms with van der Waals surface area (Å²) < 4.78 is 43.6. The molecular formula is C13H9BrF3NO2. The van der Waals surface area contributed by atoms with Crippen molar-refractivity contribution in [2.75, 3.05) is 5.32 Å². The van der Waals surface area contributed by atoms with Crippen molar-refractivity contribution in [1.82, 2.24) is 0 Å². The number of hydrogen-bond donors (Lipinski definition) is 1. The Bertz CT molecular complexity index is 649. The first kappa shape index (κ1) is 14.6. The zero-order valence-corrected chi connectivity index (χ0v) is 11.8. The zero-order valence-electron chi connectivity index (χ0n) is 10.2. The van der Waals surface area contributed by atoms with Crippen molar-refractivity contribution in [2.24, 2.45) is 0 Å². The third kappa shape index (κ3) is 3.22. The molecule has 0 bridgehead atoms. The fourth-order valence-corrected chi connectivity index (χ4v) is 1.94. The van der Waals surface area contributed by atoms with E-state index in [0.717, 1.165) is 6.07 Å². The number of rotatable bonds is 2. The maximum Gasteiger partial charge on any atom is 0.416 e. The Morgan fingerprint density at radius 2 is 1.95 bits per heavy atom. The van der Waals surface area contributed by atoms with E-state index in [9.17, 15) is 18.0 Å². The number of alkyl halides is 3. The van der Waals surface area contributed by atoms with Crippen LogP contribution in [0.1, 0.15) is 21.7 Å². The lowest BCUT2D eigenvalue weighted by Crippen LogP contribution is -2.13. The number of nitrogens with one attached hydrogen (secondary N) is 1. The average Bonchev–Trinajstić information content (AvgIpc) is 2.77. The van der Waals surface area contributed by atoms with Crippen LogP contribution in [0.25, 0.3) is 0 Å². The van der Waals surface area contributed by atoms with Crippen LogP contribution in [0.2, 0.25) is 0 Å². The maximum absolute atomic E-state index is 12.8. The van der Waals surface area contributed by atoms with E-state index in [4.69, 9.17) is 4.42 Å². The van der Waals surface area contributed by atoms with Crippen molar-refractivity contribution < 1.29 is 22.4 Å². The van der Waals surface area contributed by atoms with Crippen molar-refractivity contribution in [2.45, 2.75) is 13.1 Å². The number of halogens is 4. The molecule has 2 aromatic rings. The van der Waals surface area contributed by atoms with Gasteiger partial charge in [-0.05, 0) is 52.7 Å². The Morgan fingerprint density at radius 3 is 2.50 bits per heavy atom. The molecule has 0 aliphatic heterocycles. The highest BCUT2D eigenvalue weighted by molar-refractivity contribution is 9.10. The van der Waals surface area contributed by atoms with Crippen molar-refractivity contribution in [3.63, 3.8) is 0 Å². The van der Waals surface area contributed by atoms with E-state index >= 15 is 0 Å². The highest BCUT2D eigenvalue weighted by Crippen LogP contribution is 2.33. The van der Waals surface area contributed by atoms with Crippen LogP contribution in [0.15, 0.2) is 39.4 Å². The van der Waals surface area contributed by atoms with Crippen LogP contribution in [-0.2, 0) is 6.18 Å². The summed E-state index contributed by atoms with van der Waals surface area (Å²) in [5.74, 6) is -0.612. The van der Waals surface area contributed by atoms with Crippen molar-refractivity contribution >= 4 is 27.5 Å². The quantitative estimate of drug-likeness (QED) is 0.860. The first-order chi connectivity index (χ1) is 9.27. The molecule has 106 valence electrons. The number of amides is 1. The lowest BCUT2D eigenvalue weighted by Gasteiger charge is -2.12. The van der Waals surface area contributed by atoms with Gasteiger partial charge in [-0.25, -0.2) is 0 Å². The molecule has 1 N–H and O–H groups in total. The van der Waals surface area contributed by atoms with E-state index in [2.05, 4.69) is 21.2 Å². The molecule has 1 heterocycles. The highest BCUT2D eigenvalue weighted by atomic mass is 79.9. The van der Waals surface area contributed by atoms with E-state index in [1.807, 2.05) is 0 Å². The Labute approximate surface area is 120 Å². The standard InChI is InChI=1S/C13H9BrF3NO2/c1-7-2-3-8(6-9(7)13(15,16)17)18-12(19)10-4-5-11(14)20-10/h2-6H,1H3,(H,18,19). The van der Waals surface area contributed by atoms with Gasteiger partial charge in [0, 0.05) is 5.69 Å². The third-order valence-corrected chi connectivity index (χ3v) is 3.02. The fraction of sp³-hybridized carbons (Fsp3) is 0.154. The first-order valence-electron chi connectivity index (χ1n) is 5.52. The third-order valence-electron chi connectivity index (χ3n) is 2.60. The largest absolute Gasteiger partial charge is 0.444 e. The maximum atomic E-state index is 12.8. The number of carbonyl (C=O) groups is 1. The Balaban J connectivity index is 2.24. The second-order valence-corrected chi connectivity index (χ2v) is 4.87. The first-order valence-corrected chi connectivity index (χ1v) is 6.31. The summed E-state index contributed by atoms with van der Waals surface area (Å²) in [4.78, 5) is 11.8. The van der Waals surface area contributed by atoms with Gasteiger partial charge in [-0.3, -0.25) is 4.79 Å². The Kier molecular flexibility index (Phi) is 3.89. The second-order valence-electron chi connectivity index (χ2n) is 4.09. The zero-order chi connectivity index (χ0) is 14.9. The van der Waals surface area contributed by atoms with Gasteiger partial charge < -0.3 is 9.73 Å². The van der Waals surface area contributed by atoms with Crippen LogP contribution < -0.4 is 5.32 Å². The summed E-state index contributed by atoms with van der Waals surface area (Å²) >= 11 is 3.04. The van der Waals surface area contributed by atoms with Crippen LogP contribution in [0.4, 0.5) is 18.9 Å². The van der Waals surface area contributed by atoms with E-state index in [1.165, 1.54) is 31.2 Å². The smallest absolute Gasteiger partial charge is 0.416 e. The molecule has 0 saturated heterocycles. The molecule has 0 atom stereocenters. The van der Waals surface area contributed by atoms with Crippen LogP contribution >= 0.6 is 15.9 Å². The van der Waals surface area contributed by atoms with Crippen LogP contribution in [0.3, 0.4) is 0 Å². The van der Waals surface area contributed by atoms with Gasteiger partial charge in [0.2, 0.25) is 0 Å². The minimum absolute atomic E-state index is 0.00556. The average molecular weight is 348 g/mol. The normalized spacial score (nSPS) is 11.4. The number of aryl methyl sites for hydroxylation is 1. The molecule has 0 saturated carbocycles. The molecule has 0 fully saturated rings. The van der Waals surface area contributed by atoms with E-state index < -0.39 is 17.6 Å². The SMILES string of the molecule is Cc1ccc(NC(=O)c2ccc(Br)o2)cc1C(F)(F)F. The summed E-state index contributed by atoms with van der Waals surface area (Å²) in [6.45, 7) is 1.36. The number of benzene rings is 1.